The number of nitrogen functional groups attached to an aromatic ring is 1. The Hall–Kier alpha value is -2.70. The van der Waals surface area contributed by atoms with Crippen LogP contribution in [0.4, 0.5) is 15.9 Å². The smallest absolute Gasteiger partial charge is 0.132 e. The molecule has 19 heavy (non-hydrogen) atoms. The van der Waals surface area contributed by atoms with Gasteiger partial charge in [0.05, 0.1) is 17.7 Å². The lowest BCUT2D eigenvalue weighted by Crippen LogP contribution is -2.17. The Labute approximate surface area is 109 Å². The number of hydrogen-bond donors (Lipinski definition) is 4. The largest absolute Gasteiger partial charge is 0.396 e. The van der Waals surface area contributed by atoms with Crippen molar-refractivity contribution in [2.24, 2.45) is 12.8 Å². The summed E-state index contributed by atoms with van der Waals surface area (Å²) in [6.45, 7) is 0. The van der Waals surface area contributed by atoms with Crippen molar-refractivity contribution in [1.82, 2.24) is 15.0 Å². The van der Waals surface area contributed by atoms with Gasteiger partial charge in [0.2, 0.25) is 0 Å². The van der Waals surface area contributed by atoms with Crippen molar-refractivity contribution in [1.29, 1.82) is 0 Å². The Morgan fingerprint density at radius 3 is 2.63 bits per heavy atom. The lowest BCUT2D eigenvalue weighted by Gasteiger charge is -2.06. The Morgan fingerprint density at radius 2 is 2.05 bits per heavy atom. The van der Waals surface area contributed by atoms with E-state index in [2.05, 4.69) is 15.8 Å². The number of imidazole rings is 1. The molecule has 0 bridgehead atoms. The highest BCUT2D eigenvalue weighted by molar-refractivity contribution is 5.67. The zero-order valence-corrected chi connectivity index (χ0v) is 10.4. The van der Waals surface area contributed by atoms with E-state index >= 15 is 0 Å². The maximum atomic E-state index is 12.7. The Balaban J connectivity index is 1.99. The van der Waals surface area contributed by atoms with Gasteiger partial charge in [0.25, 0.3) is 0 Å². The third kappa shape index (κ3) is 2.95. The van der Waals surface area contributed by atoms with Crippen molar-refractivity contribution >= 4 is 17.2 Å². The number of halogens is 1. The van der Waals surface area contributed by atoms with Crippen LogP contribution in [0.1, 0.15) is 5.69 Å². The second-order valence-corrected chi connectivity index (χ2v) is 3.97. The minimum absolute atomic E-state index is 0.290. The fourth-order valence-corrected chi connectivity index (χ4v) is 1.46. The number of hydrazine groups is 1. The first-order valence-electron chi connectivity index (χ1n) is 5.58. The van der Waals surface area contributed by atoms with Crippen molar-refractivity contribution < 1.29 is 4.39 Å². The van der Waals surface area contributed by atoms with Crippen LogP contribution in [0.2, 0.25) is 0 Å². The normalized spacial score (nSPS) is 11.4. The Bertz CT molecular complexity index is 587. The molecule has 1 aromatic carbocycles. The van der Waals surface area contributed by atoms with E-state index in [0.29, 0.717) is 22.9 Å². The highest BCUT2D eigenvalue weighted by atomic mass is 19.1. The fraction of sp³-hybridized carbons (Fsp3) is 0.0833. The van der Waals surface area contributed by atoms with Gasteiger partial charge in [-0.1, -0.05) is 0 Å². The summed E-state index contributed by atoms with van der Waals surface area (Å²) in [4.78, 5) is 4.08. The zero-order chi connectivity index (χ0) is 13.8. The SMILES string of the molecule is Cn1cnc(/C(N)=C/NNc2ccc(F)cc2)c1N. The molecule has 0 aliphatic heterocycles. The molecule has 0 saturated heterocycles. The van der Waals surface area contributed by atoms with E-state index < -0.39 is 0 Å². The number of nitrogens with zero attached hydrogens (tertiary/aromatic N) is 2. The third-order valence-electron chi connectivity index (χ3n) is 2.54. The average Bonchev–Trinajstić information content (AvgIpc) is 2.72. The van der Waals surface area contributed by atoms with E-state index in [1.807, 2.05) is 0 Å². The Kier molecular flexibility index (Phi) is 3.56. The topological polar surface area (TPSA) is 93.9 Å². The van der Waals surface area contributed by atoms with Crippen LogP contribution in [0.5, 0.6) is 0 Å². The van der Waals surface area contributed by atoms with Gasteiger partial charge in [-0.2, -0.15) is 0 Å². The first kappa shape index (κ1) is 12.7. The summed E-state index contributed by atoms with van der Waals surface area (Å²) in [6, 6.07) is 5.91. The number of nitrogens with two attached hydrogens (primary N) is 2. The van der Waals surface area contributed by atoms with Gasteiger partial charge in [0, 0.05) is 13.2 Å². The first-order chi connectivity index (χ1) is 9.08. The van der Waals surface area contributed by atoms with Gasteiger partial charge in [-0.05, 0) is 24.3 Å². The van der Waals surface area contributed by atoms with Crippen LogP contribution in [0.25, 0.3) is 5.70 Å². The molecule has 2 rings (SSSR count). The van der Waals surface area contributed by atoms with Gasteiger partial charge in [0.1, 0.15) is 17.3 Å². The van der Waals surface area contributed by atoms with Crippen LogP contribution >= 0.6 is 0 Å². The van der Waals surface area contributed by atoms with Crippen LogP contribution in [-0.4, -0.2) is 9.55 Å². The molecular weight excluding hydrogens is 247 g/mol. The van der Waals surface area contributed by atoms with Gasteiger partial charge >= 0.3 is 0 Å². The van der Waals surface area contributed by atoms with Gasteiger partial charge in [-0.15, -0.1) is 0 Å². The second kappa shape index (κ2) is 5.30. The van der Waals surface area contributed by atoms with E-state index in [-0.39, 0.29) is 5.82 Å². The number of rotatable bonds is 4. The first-order valence-corrected chi connectivity index (χ1v) is 5.58. The van der Waals surface area contributed by atoms with Gasteiger partial charge < -0.3 is 26.9 Å². The summed E-state index contributed by atoms with van der Waals surface area (Å²) in [5.74, 6) is 0.194. The average molecular weight is 262 g/mol. The second-order valence-electron chi connectivity index (χ2n) is 3.97. The molecule has 0 saturated carbocycles. The summed E-state index contributed by atoms with van der Waals surface area (Å²) in [5, 5.41) is 0. The molecule has 1 heterocycles. The van der Waals surface area contributed by atoms with Crippen LogP contribution in [-0.2, 0) is 7.05 Å². The van der Waals surface area contributed by atoms with Crippen molar-refractivity contribution in [2.75, 3.05) is 11.2 Å². The van der Waals surface area contributed by atoms with Crippen LogP contribution < -0.4 is 22.3 Å². The number of hydrogen-bond acceptors (Lipinski definition) is 5. The van der Waals surface area contributed by atoms with E-state index in [1.165, 1.54) is 18.3 Å². The zero-order valence-electron chi connectivity index (χ0n) is 10.4. The third-order valence-corrected chi connectivity index (χ3v) is 2.54. The molecule has 2 aromatic rings. The van der Waals surface area contributed by atoms with Gasteiger partial charge in [-0.3, -0.25) is 0 Å². The molecule has 100 valence electrons. The van der Waals surface area contributed by atoms with Gasteiger partial charge in [-0.25, -0.2) is 9.37 Å². The number of aromatic nitrogens is 2. The highest BCUT2D eigenvalue weighted by Crippen LogP contribution is 2.14. The molecule has 0 amide bonds. The number of nitrogens with one attached hydrogen (secondary N) is 2. The van der Waals surface area contributed by atoms with E-state index in [9.17, 15) is 4.39 Å². The molecule has 0 radical (unpaired) electrons. The molecule has 6 N–H and O–H groups in total. The minimum Gasteiger partial charge on any atom is -0.396 e. The monoisotopic (exact) mass is 262 g/mol. The predicted octanol–water partition coefficient (Wildman–Crippen LogP) is 1.02. The molecular formula is C12H15FN6. The summed E-state index contributed by atoms with van der Waals surface area (Å²) < 4.78 is 14.4. The maximum Gasteiger partial charge on any atom is 0.132 e. The van der Waals surface area contributed by atoms with E-state index in [4.69, 9.17) is 11.5 Å². The highest BCUT2D eigenvalue weighted by Gasteiger charge is 2.06. The lowest BCUT2D eigenvalue weighted by atomic mass is 10.3. The van der Waals surface area contributed by atoms with Crippen LogP contribution in [0.15, 0.2) is 36.8 Å². The molecule has 0 fully saturated rings. The summed E-state index contributed by atoms with van der Waals surface area (Å²) in [7, 11) is 1.78. The van der Waals surface area contributed by atoms with Crippen molar-refractivity contribution in [2.45, 2.75) is 0 Å². The predicted molar refractivity (Wildman–Crippen MR) is 72.9 cm³/mol. The number of aryl methyl sites for hydroxylation is 1. The van der Waals surface area contributed by atoms with Crippen LogP contribution in [0, 0.1) is 5.82 Å². The quantitative estimate of drug-likeness (QED) is 0.617. The molecule has 0 atom stereocenters. The molecule has 7 heteroatoms. The molecule has 1 aromatic heterocycles. The summed E-state index contributed by atoms with van der Waals surface area (Å²) >= 11 is 0. The van der Waals surface area contributed by atoms with Gasteiger partial charge in [0.15, 0.2) is 0 Å². The van der Waals surface area contributed by atoms with Crippen molar-refractivity contribution in [3.63, 3.8) is 0 Å². The lowest BCUT2D eigenvalue weighted by molar-refractivity contribution is 0.628. The number of anilines is 2. The summed E-state index contributed by atoms with van der Waals surface area (Å²) in [6.07, 6.45) is 3.11. The number of benzene rings is 1. The minimum atomic E-state index is -0.290. The molecule has 6 nitrogen and oxygen atoms in total. The molecule has 0 aliphatic carbocycles. The summed E-state index contributed by atoms with van der Waals surface area (Å²) in [5.41, 5.74) is 18.9. The van der Waals surface area contributed by atoms with Crippen molar-refractivity contribution in [3.05, 3.63) is 48.3 Å². The Morgan fingerprint density at radius 1 is 1.37 bits per heavy atom. The maximum absolute atomic E-state index is 12.7. The molecule has 0 spiro atoms. The van der Waals surface area contributed by atoms with E-state index in [1.54, 1.807) is 30.1 Å². The molecule has 0 unspecified atom stereocenters. The standard InChI is InChI=1S/C12H15FN6/c1-19-7-16-11(12(19)15)10(14)6-17-18-9-4-2-8(13)3-5-9/h2-7,17-18H,14-15H2,1H3/b10-6-. The van der Waals surface area contributed by atoms with Crippen molar-refractivity contribution in [3.8, 4) is 0 Å². The molecule has 0 aliphatic rings. The van der Waals surface area contributed by atoms with Crippen LogP contribution in [0.3, 0.4) is 0 Å². The fourth-order valence-electron chi connectivity index (χ4n) is 1.46. The van der Waals surface area contributed by atoms with E-state index in [0.717, 1.165) is 0 Å².